The lowest BCUT2D eigenvalue weighted by molar-refractivity contribution is -0.137. The van der Waals surface area contributed by atoms with Crippen molar-refractivity contribution >= 4 is 34.5 Å². The van der Waals surface area contributed by atoms with E-state index in [2.05, 4.69) is 0 Å². The Labute approximate surface area is 176 Å². The van der Waals surface area contributed by atoms with Gasteiger partial charge < -0.3 is 9.14 Å². The molecule has 0 radical (unpaired) electrons. The lowest BCUT2D eigenvalue weighted by Crippen LogP contribution is -2.08. The molecule has 3 rings (SSSR count). The zero-order chi connectivity index (χ0) is 21.2. The Bertz CT molecular complexity index is 1040. The van der Waals surface area contributed by atoms with Gasteiger partial charge in [-0.25, -0.2) is 0 Å². The number of methoxy groups -OCH3 is 1. The van der Waals surface area contributed by atoms with Crippen LogP contribution in [0.3, 0.4) is 0 Å². The number of carbonyl (C=O) groups excluding carboxylic acids is 1. The highest BCUT2D eigenvalue weighted by Crippen LogP contribution is 2.36. The number of nitrogens with zero attached hydrogens (tertiary/aromatic N) is 1. The van der Waals surface area contributed by atoms with Gasteiger partial charge in [0, 0.05) is 37.4 Å². The summed E-state index contributed by atoms with van der Waals surface area (Å²) in [5.41, 5.74) is 1.27. The Morgan fingerprint density at radius 2 is 1.90 bits per heavy atom. The number of ether oxygens (including phenoxy) is 1. The molecule has 3 aromatic rings. The van der Waals surface area contributed by atoms with E-state index in [1.807, 2.05) is 10.6 Å². The molecule has 2 aromatic heterocycles. The maximum Gasteiger partial charge on any atom is 0.417 e. The predicted molar refractivity (Wildman–Crippen MR) is 107 cm³/mol. The number of pyridine rings is 1. The third-order valence-electron chi connectivity index (χ3n) is 4.69. The van der Waals surface area contributed by atoms with Crippen molar-refractivity contribution in [3.63, 3.8) is 0 Å². The minimum Gasteiger partial charge on any atom is -0.384 e. The van der Waals surface area contributed by atoms with Gasteiger partial charge in [0.1, 0.15) is 0 Å². The number of Topliss-reactive ketones (excluding diaryl/α,β-unsaturated/α-hetero) is 1. The van der Waals surface area contributed by atoms with Crippen LogP contribution in [-0.4, -0.2) is 23.9 Å². The molecule has 0 amide bonds. The van der Waals surface area contributed by atoms with E-state index in [0.717, 1.165) is 11.8 Å². The van der Waals surface area contributed by atoms with Crippen molar-refractivity contribution in [1.82, 2.24) is 4.40 Å². The molecule has 0 aliphatic heterocycles. The minimum absolute atomic E-state index is 0.00957. The van der Waals surface area contributed by atoms with Gasteiger partial charge in [-0.2, -0.15) is 13.2 Å². The van der Waals surface area contributed by atoms with Gasteiger partial charge in [0.25, 0.3) is 0 Å². The van der Waals surface area contributed by atoms with Gasteiger partial charge in [-0.15, -0.1) is 0 Å². The fraction of sp³-hybridized carbons (Fsp3) is 0.286. The number of aryl methyl sites for hydroxylation is 1. The summed E-state index contributed by atoms with van der Waals surface area (Å²) in [6, 6.07) is 8.95. The number of rotatable bonds is 7. The second kappa shape index (κ2) is 8.78. The van der Waals surface area contributed by atoms with Crippen LogP contribution in [0.1, 0.15) is 33.6 Å². The van der Waals surface area contributed by atoms with Crippen LogP contribution in [0.5, 0.6) is 0 Å². The van der Waals surface area contributed by atoms with Crippen molar-refractivity contribution in [2.24, 2.45) is 0 Å². The predicted octanol–water partition coefficient (Wildman–Crippen LogP) is 6.27. The Kier molecular flexibility index (Phi) is 6.56. The summed E-state index contributed by atoms with van der Waals surface area (Å²) < 4.78 is 46.1. The van der Waals surface area contributed by atoms with Crippen LogP contribution in [0, 0.1) is 0 Å². The van der Waals surface area contributed by atoms with Crippen LogP contribution in [0.15, 0.2) is 42.6 Å². The lowest BCUT2D eigenvalue weighted by Gasteiger charge is -2.12. The van der Waals surface area contributed by atoms with Crippen molar-refractivity contribution in [1.29, 1.82) is 0 Å². The quantitative estimate of drug-likeness (QED) is 0.402. The van der Waals surface area contributed by atoms with Crippen LogP contribution in [0.2, 0.25) is 10.0 Å². The summed E-state index contributed by atoms with van der Waals surface area (Å²) >= 11 is 12.3. The van der Waals surface area contributed by atoms with Gasteiger partial charge in [-0.3, -0.25) is 4.79 Å². The summed E-state index contributed by atoms with van der Waals surface area (Å²) in [6.45, 7) is 0.478. The number of alkyl halides is 3. The average molecular weight is 444 g/mol. The van der Waals surface area contributed by atoms with Crippen LogP contribution in [-0.2, 0) is 23.8 Å². The first-order valence-corrected chi connectivity index (χ1v) is 9.64. The van der Waals surface area contributed by atoms with Gasteiger partial charge in [0.05, 0.1) is 27.7 Å². The van der Waals surface area contributed by atoms with Gasteiger partial charge in [0.15, 0.2) is 5.78 Å². The molecule has 154 valence electrons. The lowest BCUT2D eigenvalue weighted by atomic mass is 10.0. The van der Waals surface area contributed by atoms with Crippen molar-refractivity contribution in [2.75, 3.05) is 13.7 Å². The molecule has 29 heavy (non-hydrogen) atoms. The molecule has 8 heteroatoms. The number of hydrogen-bond acceptors (Lipinski definition) is 2. The number of halogens is 5. The van der Waals surface area contributed by atoms with E-state index < -0.39 is 11.7 Å². The molecule has 0 aliphatic carbocycles. The van der Waals surface area contributed by atoms with Gasteiger partial charge in [-0.05, 0) is 36.2 Å². The standard InChI is InChI=1S/C21H18Cl2F3NO2/c1-29-11-9-14-12-15(20-17(22)6-3-10-27(14)20)18(28)8-7-13-4-2-5-16(19(13)23)21(24,25)26/h2-6,10,12H,7-9,11H2,1H3. The summed E-state index contributed by atoms with van der Waals surface area (Å²) in [5.74, 6) is -0.215. The van der Waals surface area contributed by atoms with E-state index in [1.54, 1.807) is 25.3 Å². The number of ketones is 1. The average Bonchev–Trinajstić information content (AvgIpc) is 3.04. The van der Waals surface area contributed by atoms with Crippen LogP contribution < -0.4 is 0 Å². The van der Waals surface area contributed by atoms with E-state index in [-0.39, 0.29) is 29.2 Å². The monoisotopic (exact) mass is 443 g/mol. The molecule has 2 heterocycles. The molecule has 0 spiro atoms. The largest absolute Gasteiger partial charge is 0.417 e. The number of carbonyl (C=O) groups is 1. The molecule has 0 bridgehead atoms. The molecule has 0 saturated heterocycles. The van der Waals surface area contributed by atoms with Crippen molar-refractivity contribution in [3.8, 4) is 0 Å². The first kappa shape index (κ1) is 21.7. The Balaban J connectivity index is 1.88. The van der Waals surface area contributed by atoms with Gasteiger partial charge in [0.2, 0.25) is 0 Å². The number of fused-ring (bicyclic) bond motifs is 1. The zero-order valence-electron chi connectivity index (χ0n) is 15.5. The number of benzene rings is 1. The normalized spacial score (nSPS) is 11.9. The van der Waals surface area contributed by atoms with E-state index in [9.17, 15) is 18.0 Å². The molecule has 0 saturated carbocycles. The van der Waals surface area contributed by atoms with Crippen molar-refractivity contribution in [3.05, 3.63) is 75.0 Å². The molecule has 1 aromatic carbocycles. The number of hydrogen-bond donors (Lipinski definition) is 0. The first-order chi connectivity index (χ1) is 13.7. The minimum atomic E-state index is -4.54. The first-order valence-electron chi connectivity index (χ1n) is 8.89. The fourth-order valence-corrected chi connectivity index (χ4v) is 3.86. The molecular formula is C21H18Cl2F3NO2. The maximum absolute atomic E-state index is 13.0. The smallest absolute Gasteiger partial charge is 0.384 e. The topological polar surface area (TPSA) is 30.7 Å². The Morgan fingerprint density at radius 3 is 2.59 bits per heavy atom. The summed E-state index contributed by atoms with van der Waals surface area (Å²) in [6.07, 6.45) is -2.04. The molecule has 0 fully saturated rings. The molecule has 0 N–H and O–H groups in total. The van der Waals surface area contributed by atoms with Crippen molar-refractivity contribution in [2.45, 2.75) is 25.4 Å². The molecule has 3 nitrogen and oxygen atoms in total. The summed E-state index contributed by atoms with van der Waals surface area (Å²) in [4.78, 5) is 12.9. The highest BCUT2D eigenvalue weighted by Gasteiger charge is 2.33. The van der Waals surface area contributed by atoms with E-state index in [0.29, 0.717) is 29.1 Å². The fourth-order valence-electron chi connectivity index (χ4n) is 3.27. The van der Waals surface area contributed by atoms with Crippen LogP contribution >= 0.6 is 23.2 Å². The van der Waals surface area contributed by atoms with Gasteiger partial charge in [-0.1, -0.05) is 35.3 Å². The SMILES string of the molecule is COCCc1cc(C(=O)CCc2cccc(C(F)(F)F)c2Cl)c2c(Cl)cccn12. The third kappa shape index (κ3) is 4.60. The molecule has 0 aliphatic rings. The maximum atomic E-state index is 13.0. The third-order valence-corrected chi connectivity index (χ3v) is 5.44. The summed E-state index contributed by atoms with van der Waals surface area (Å²) in [5, 5.41) is 0.0602. The van der Waals surface area contributed by atoms with Crippen LogP contribution in [0.25, 0.3) is 5.52 Å². The number of aromatic nitrogens is 1. The Morgan fingerprint density at radius 1 is 1.14 bits per heavy atom. The molecule has 0 atom stereocenters. The second-order valence-electron chi connectivity index (χ2n) is 6.57. The van der Waals surface area contributed by atoms with E-state index in [1.165, 1.54) is 12.1 Å². The molecular weight excluding hydrogens is 426 g/mol. The van der Waals surface area contributed by atoms with Crippen LogP contribution in [0.4, 0.5) is 13.2 Å². The van der Waals surface area contributed by atoms with Crippen molar-refractivity contribution < 1.29 is 22.7 Å². The van der Waals surface area contributed by atoms with Gasteiger partial charge >= 0.3 is 6.18 Å². The second-order valence-corrected chi connectivity index (χ2v) is 7.35. The molecule has 0 unspecified atom stereocenters. The summed E-state index contributed by atoms with van der Waals surface area (Å²) in [7, 11) is 1.59. The van der Waals surface area contributed by atoms with E-state index in [4.69, 9.17) is 27.9 Å². The highest BCUT2D eigenvalue weighted by atomic mass is 35.5. The van der Waals surface area contributed by atoms with E-state index >= 15 is 0 Å². The highest BCUT2D eigenvalue weighted by molar-refractivity contribution is 6.35. The zero-order valence-corrected chi connectivity index (χ0v) is 17.0. The Hall–Kier alpha value is -2.02.